The summed E-state index contributed by atoms with van der Waals surface area (Å²) >= 11 is 6.28. The quantitative estimate of drug-likeness (QED) is 0.600. The fourth-order valence-corrected chi connectivity index (χ4v) is 3.52. The summed E-state index contributed by atoms with van der Waals surface area (Å²) < 4.78 is 27.8. The summed E-state index contributed by atoms with van der Waals surface area (Å²) in [5.74, 6) is -0.920. The predicted octanol–water partition coefficient (Wildman–Crippen LogP) is 3.84. The van der Waals surface area contributed by atoms with Gasteiger partial charge in [0, 0.05) is 29.3 Å². The molecule has 0 radical (unpaired) electrons. The van der Waals surface area contributed by atoms with Crippen LogP contribution in [0.3, 0.4) is 0 Å². The van der Waals surface area contributed by atoms with Crippen molar-refractivity contribution in [2.24, 2.45) is 0 Å². The maximum atomic E-state index is 12.5. The van der Waals surface area contributed by atoms with E-state index in [1.807, 2.05) is 0 Å². The highest BCUT2D eigenvalue weighted by atomic mass is 35.5. The van der Waals surface area contributed by atoms with Gasteiger partial charge in [-0.3, -0.25) is 9.78 Å². The van der Waals surface area contributed by atoms with Gasteiger partial charge in [-0.05, 0) is 54.6 Å². The summed E-state index contributed by atoms with van der Waals surface area (Å²) in [5, 5.41) is 3.12. The van der Waals surface area contributed by atoms with Crippen molar-refractivity contribution in [2.45, 2.75) is 4.90 Å². The van der Waals surface area contributed by atoms with Crippen LogP contribution < -0.4 is 5.32 Å². The maximum absolute atomic E-state index is 12.5. The molecule has 1 amide bonds. The number of anilines is 1. The van der Waals surface area contributed by atoms with Crippen LogP contribution in [0.25, 0.3) is 11.3 Å². The number of halogens is 1. The third kappa shape index (κ3) is 4.84. The lowest BCUT2D eigenvalue weighted by molar-refractivity contribution is 0.0600. The number of methoxy groups -OCH3 is 1. The molecular weight excluding hydrogens is 428 g/mol. The molecule has 0 bridgehead atoms. The van der Waals surface area contributed by atoms with Crippen molar-refractivity contribution in [3.8, 4) is 11.3 Å². The van der Waals surface area contributed by atoms with E-state index in [1.165, 1.54) is 43.6 Å². The molecule has 9 heteroatoms. The molecule has 0 fully saturated rings. The van der Waals surface area contributed by atoms with Gasteiger partial charge in [0.1, 0.15) is 0 Å². The largest absolute Gasteiger partial charge is 0.465 e. The number of aromatic nitrogens is 1. The molecule has 3 aromatic rings. The number of carbonyl (C=O) groups excluding carboxylic acids is 2. The molecule has 0 saturated heterocycles. The Morgan fingerprint density at radius 3 is 2.33 bits per heavy atom. The Bertz CT molecular complexity index is 1220. The monoisotopic (exact) mass is 444 g/mol. The van der Waals surface area contributed by atoms with Gasteiger partial charge in [0.25, 0.3) is 5.91 Å². The molecule has 0 aliphatic rings. The van der Waals surface area contributed by atoms with Gasteiger partial charge < -0.3 is 10.1 Å². The van der Waals surface area contributed by atoms with Crippen molar-refractivity contribution >= 4 is 39.0 Å². The summed E-state index contributed by atoms with van der Waals surface area (Å²) in [6.45, 7) is 0. The smallest absolute Gasteiger partial charge is 0.337 e. The van der Waals surface area contributed by atoms with Gasteiger partial charge in [-0.15, -0.1) is 0 Å². The number of nitrogens with one attached hydrogen (secondary N) is 1. The molecule has 7 nitrogen and oxygen atoms in total. The van der Waals surface area contributed by atoms with Crippen LogP contribution in [0, 0.1) is 0 Å². The minimum atomic E-state index is -3.34. The lowest BCUT2D eigenvalue weighted by Crippen LogP contribution is -2.12. The SMILES string of the molecule is COC(=O)c1ccnc(-c2cc(NC(=O)c3ccc(S(C)(=O)=O)cc3)ccc2Cl)c1. The first-order valence-corrected chi connectivity index (χ1v) is 10.9. The fraction of sp³-hybridized carbons (Fsp3) is 0.0952. The van der Waals surface area contributed by atoms with Crippen LogP contribution in [0.5, 0.6) is 0 Å². The molecule has 0 unspecified atom stereocenters. The summed E-state index contributed by atoms with van der Waals surface area (Å²) in [6, 6.07) is 13.5. The summed E-state index contributed by atoms with van der Waals surface area (Å²) in [5.41, 5.74) is 2.03. The zero-order valence-corrected chi connectivity index (χ0v) is 17.6. The zero-order valence-electron chi connectivity index (χ0n) is 16.0. The van der Waals surface area contributed by atoms with Crippen molar-refractivity contribution in [3.05, 3.63) is 76.9 Å². The van der Waals surface area contributed by atoms with Crippen molar-refractivity contribution < 1.29 is 22.7 Å². The number of pyridine rings is 1. The normalized spacial score (nSPS) is 11.0. The van der Waals surface area contributed by atoms with Gasteiger partial charge >= 0.3 is 5.97 Å². The minimum absolute atomic E-state index is 0.129. The lowest BCUT2D eigenvalue weighted by atomic mass is 10.1. The number of amides is 1. The molecule has 1 N–H and O–H groups in total. The minimum Gasteiger partial charge on any atom is -0.465 e. The van der Waals surface area contributed by atoms with Crippen LogP contribution >= 0.6 is 11.6 Å². The second-order valence-electron chi connectivity index (χ2n) is 6.37. The van der Waals surface area contributed by atoms with Crippen LogP contribution in [0.1, 0.15) is 20.7 Å². The Labute approximate surface area is 178 Å². The molecule has 154 valence electrons. The van der Waals surface area contributed by atoms with E-state index >= 15 is 0 Å². The standard InChI is InChI=1S/C21H17ClN2O5S/c1-29-21(26)14-9-10-23-19(11-14)17-12-15(5-8-18(17)22)24-20(25)13-3-6-16(7-4-13)30(2,27)28/h3-12H,1-2H3,(H,24,25). The van der Waals surface area contributed by atoms with Crippen LogP contribution in [0.2, 0.25) is 5.02 Å². The predicted molar refractivity (Wildman–Crippen MR) is 114 cm³/mol. The Kier molecular flexibility index (Phi) is 6.19. The van der Waals surface area contributed by atoms with E-state index in [4.69, 9.17) is 16.3 Å². The molecule has 30 heavy (non-hydrogen) atoms. The van der Waals surface area contributed by atoms with E-state index in [9.17, 15) is 18.0 Å². The van der Waals surface area contributed by atoms with E-state index in [0.29, 0.717) is 33.1 Å². The summed E-state index contributed by atoms with van der Waals surface area (Å²) in [7, 11) is -2.06. The van der Waals surface area contributed by atoms with Crippen molar-refractivity contribution in [1.29, 1.82) is 0 Å². The molecule has 0 aliphatic carbocycles. The average Bonchev–Trinajstić information content (AvgIpc) is 2.74. The summed E-state index contributed by atoms with van der Waals surface area (Å²) in [6.07, 6.45) is 2.56. The van der Waals surface area contributed by atoms with Gasteiger partial charge in [0.2, 0.25) is 0 Å². The third-order valence-corrected chi connectivity index (χ3v) is 5.68. The molecular formula is C21H17ClN2O5S. The van der Waals surface area contributed by atoms with Gasteiger partial charge in [-0.1, -0.05) is 11.6 Å². The molecule has 0 atom stereocenters. The van der Waals surface area contributed by atoms with Crippen LogP contribution in [0.15, 0.2) is 65.7 Å². The van der Waals surface area contributed by atoms with Crippen LogP contribution in [-0.2, 0) is 14.6 Å². The third-order valence-electron chi connectivity index (χ3n) is 4.23. The first kappa shape index (κ1) is 21.5. The van der Waals surface area contributed by atoms with Gasteiger partial charge in [-0.25, -0.2) is 13.2 Å². The van der Waals surface area contributed by atoms with Crippen molar-refractivity contribution in [3.63, 3.8) is 0 Å². The molecule has 0 aliphatic heterocycles. The number of sulfone groups is 1. The van der Waals surface area contributed by atoms with Gasteiger partial charge in [0.05, 0.1) is 28.3 Å². The van der Waals surface area contributed by atoms with Gasteiger partial charge in [0.15, 0.2) is 9.84 Å². The molecule has 1 heterocycles. The second-order valence-corrected chi connectivity index (χ2v) is 8.79. The number of nitrogens with zero attached hydrogens (tertiary/aromatic N) is 1. The van der Waals surface area contributed by atoms with Crippen LogP contribution in [0.4, 0.5) is 5.69 Å². The lowest BCUT2D eigenvalue weighted by Gasteiger charge is -2.10. The zero-order chi connectivity index (χ0) is 21.9. The Morgan fingerprint density at radius 2 is 1.70 bits per heavy atom. The Morgan fingerprint density at radius 1 is 1.00 bits per heavy atom. The summed E-state index contributed by atoms with van der Waals surface area (Å²) in [4.78, 5) is 28.6. The topological polar surface area (TPSA) is 102 Å². The number of benzene rings is 2. The number of rotatable bonds is 5. The first-order chi connectivity index (χ1) is 14.2. The van der Waals surface area contributed by atoms with E-state index in [1.54, 1.807) is 24.3 Å². The number of hydrogen-bond donors (Lipinski definition) is 1. The van der Waals surface area contributed by atoms with Crippen molar-refractivity contribution in [1.82, 2.24) is 4.98 Å². The van der Waals surface area contributed by atoms with E-state index in [-0.39, 0.29) is 4.90 Å². The highest BCUT2D eigenvalue weighted by Gasteiger charge is 2.13. The highest BCUT2D eigenvalue weighted by molar-refractivity contribution is 7.90. The van der Waals surface area contributed by atoms with E-state index < -0.39 is 21.7 Å². The highest BCUT2D eigenvalue weighted by Crippen LogP contribution is 2.30. The molecule has 3 rings (SSSR count). The maximum Gasteiger partial charge on any atom is 0.337 e. The molecule has 0 spiro atoms. The first-order valence-electron chi connectivity index (χ1n) is 8.65. The second kappa shape index (κ2) is 8.64. The number of hydrogen-bond acceptors (Lipinski definition) is 6. The fourth-order valence-electron chi connectivity index (χ4n) is 2.68. The average molecular weight is 445 g/mol. The number of carbonyl (C=O) groups is 2. The van der Waals surface area contributed by atoms with Crippen LogP contribution in [-0.4, -0.2) is 38.6 Å². The molecule has 0 saturated carbocycles. The molecule has 2 aromatic carbocycles. The number of esters is 1. The Hall–Kier alpha value is -3.23. The van der Waals surface area contributed by atoms with Gasteiger partial charge in [-0.2, -0.15) is 0 Å². The van der Waals surface area contributed by atoms with E-state index in [0.717, 1.165) is 6.26 Å². The van der Waals surface area contributed by atoms with E-state index in [2.05, 4.69) is 10.3 Å². The Balaban J connectivity index is 1.87. The number of ether oxygens (including phenoxy) is 1. The van der Waals surface area contributed by atoms with Crippen molar-refractivity contribution in [2.75, 3.05) is 18.7 Å². The molecule has 1 aromatic heterocycles.